The van der Waals surface area contributed by atoms with Crippen LogP contribution in [0.2, 0.25) is 0 Å². The molecule has 1 atom stereocenters. The van der Waals surface area contributed by atoms with Gasteiger partial charge in [0.05, 0.1) is 5.60 Å². The van der Waals surface area contributed by atoms with Crippen molar-refractivity contribution < 1.29 is 9.90 Å². The van der Waals surface area contributed by atoms with E-state index in [1.807, 2.05) is 25.1 Å². The summed E-state index contributed by atoms with van der Waals surface area (Å²) in [5, 5.41) is 9.64. The second kappa shape index (κ2) is 6.92. The molecule has 0 saturated carbocycles. The third kappa shape index (κ3) is 5.62. The molecule has 0 bridgehead atoms. The fourth-order valence-corrected chi connectivity index (χ4v) is 2.04. The molecule has 0 spiro atoms. The average Bonchev–Trinajstić information content (AvgIpc) is 2.36. The number of amides is 1. The molecule has 0 aliphatic heterocycles. The second-order valence-corrected chi connectivity index (χ2v) is 5.90. The SMILES string of the molecule is CC(CCCC(C)(C)O)N(Cl)C(=O)c1ccccc1. The van der Waals surface area contributed by atoms with Gasteiger partial charge in [0.25, 0.3) is 5.91 Å². The van der Waals surface area contributed by atoms with Gasteiger partial charge in [0, 0.05) is 23.4 Å². The van der Waals surface area contributed by atoms with E-state index >= 15 is 0 Å². The molecule has 4 heteroatoms. The van der Waals surface area contributed by atoms with Crippen molar-refractivity contribution in [3.8, 4) is 0 Å². The third-order valence-corrected chi connectivity index (χ3v) is 3.50. The minimum atomic E-state index is -0.666. The molecule has 0 radical (unpaired) electrons. The number of nitrogens with zero attached hydrogens (tertiary/aromatic N) is 1. The predicted octanol–water partition coefficient (Wildman–Crippen LogP) is 3.61. The topological polar surface area (TPSA) is 40.5 Å². The van der Waals surface area contributed by atoms with Crippen molar-refractivity contribution in [2.24, 2.45) is 0 Å². The Labute approximate surface area is 120 Å². The lowest BCUT2D eigenvalue weighted by Crippen LogP contribution is -2.31. The maximum atomic E-state index is 12.1. The molecular weight excluding hydrogens is 262 g/mol. The number of carbonyl (C=O) groups excluding carboxylic acids is 1. The zero-order valence-electron chi connectivity index (χ0n) is 11.8. The number of hydrogen-bond donors (Lipinski definition) is 1. The van der Waals surface area contributed by atoms with E-state index in [2.05, 4.69) is 0 Å². The predicted molar refractivity (Wildman–Crippen MR) is 78.1 cm³/mol. The van der Waals surface area contributed by atoms with Crippen LogP contribution in [-0.2, 0) is 0 Å². The molecule has 1 unspecified atom stereocenters. The van der Waals surface area contributed by atoms with Gasteiger partial charge in [0.15, 0.2) is 0 Å². The molecule has 1 amide bonds. The molecule has 1 rings (SSSR count). The van der Waals surface area contributed by atoms with Gasteiger partial charge < -0.3 is 5.11 Å². The van der Waals surface area contributed by atoms with Crippen LogP contribution in [0.25, 0.3) is 0 Å². The molecule has 0 aliphatic rings. The third-order valence-electron chi connectivity index (χ3n) is 3.01. The number of halogens is 1. The smallest absolute Gasteiger partial charge is 0.268 e. The summed E-state index contributed by atoms with van der Waals surface area (Å²) in [6.07, 6.45) is 2.30. The number of rotatable bonds is 6. The number of benzene rings is 1. The average molecular weight is 284 g/mol. The van der Waals surface area contributed by atoms with E-state index in [0.29, 0.717) is 12.0 Å². The molecule has 19 heavy (non-hydrogen) atoms. The van der Waals surface area contributed by atoms with Crippen molar-refractivity contribution >= 4 is 17.7 Å². The number of carbonyl (C=O) groups is 1. The molecular formula is C15H22ClNO2. The van der Waals surface area contributed by atoms with Crippen molar-refractivity contribution in [1.29, 1.82) is 0 Å². The maximum Gasteiger partial charge on any atom is 0.268 e. The summed E-state index contributed by atoms with van der Waals surface area (Å²) >= 11 is 6.09. The molecule has 106 valence electrons. The van der Waals surface area contributed by atoms with Gasteiger partial charge in [-0.25, -0.2) is 4.42 Å². The van der Waals surface area contributed by atoms with E-state index in [0.717, 1.165) is 12.8 Å². The van der Waals surface area contributed by atoms with Crippen LogP contribution in [-0.4, -0.2) is 27.1 Å². The largest absolute Gasteiger partial charge is 0.390 e. The number of aliphatic hydroxyl groups is 1. The molecule has 0 heterocycles. The standard InChI is InChI=1S/C15H22ClNO2/c1-12(8-7-11-15(2,3)19)17(16)14(18)13-9-5-4-6-10-13/h4-6,9-10,12,19H,7-8,11H2,1-3H3. The van der Waals surface area contributed by atoms with E-state index in [1.165, 1.54) is 4.42 Å². The summed E-state index contributed by atoms with van der Waals surface area (Å²) in [5.74, 6) is -0.182. The fourth-order valence-electron chi connectivity index (χ4n) is 1.85. The van der Waals surface area contributed by atoms with Gasteiger partial charge in [-0.2, -0.15) is 0 Å². The summed E-state index contributed by atoms with van der Waals surface area (Å²) in [4.78, 5) is 12.1. The first-order valence-electron chi connectivity index (χ1n) is 6.58. The fraction of sp³-hybridized carbons (Fsp3) is 0.533. The van der Waals surface area contributed by atoms with Crippen LogP contribution in [0.15, 0.2) is 30.3 Å². The first-order valence-corrected chi connectivity index (χ1v) is 6.92. The molecule has 3 nitrogen and oxygen atoms in total. The molecule has 1 aromatic rings. The van der Waals surface area contributed by atoms with Crippen molar-refractivity contribution in [2.75, 3.05) is 0 Å². The highest BCUT2D eigenvalue weighted by atomic mass is 35.5. The maximum absolute atomic E-state index is 12.1. The van der Waals surface area contributed by atoms with E-state index in [4.69, 9.17) is 11.8 Å². The van der Waals surface area contributed by atoms with E-state index < -0.39 is 5.60 Å². The summed E-state index contributed by atoms with van der Waals surface area (Å²) in [6, 6.07) is 8.94. The van der Waals surface area contributed by atoms with Crippen molar-refractivity contribution in [2.45, 2.75) is 51.7 Å². The molecule has 0 saturated heterocycles. The van der Waals surface area contributed by atoms with Gasteiger partial charge in [-0.3, -0.25) is 4.79 Å². The first kappa shape index (κ1) is 16.0. The van der Waals surface area contributed by atoms with Crippen molar-refractivity contribution in [3.63, 3.8) is 0 Å². The summed E-state index contributed by atoms with van der Waals surface area (Å²) < 4.78 is 1.25. The quantitative estimate of drug-likeness (QED) is 0.810. The zero-order chi connectivity index (χ0) is 14.5. The highest BCUT2D eigenvalue weighted by Gasteiger charge is 2.20. The van der Waals surface area contributed by atoms with Gasteiger partial charge in [0.2, 0.25) is 0 Å². The molecule has 0 fully saturated rings. The van der Waals surface area contributed by atoms with Gasteiger partial charge >= 0.3 is 0 Å². The van der Waals surface area contributed by atoms with Gasteiger partial charge in [-0.1, -0.05) is 18.2 Å². The van der Waals surface area contributed by atoms with Gasteiger partial charge in [-0.15, -0.1) is 0 Å². The van der Waals surface area contributed by atoms with Crippen molar-refractivity contribution in [1.82, 2.24) is 4.42 Å². The molecule has 1 N–H and O–H groups in total. The minimum Gasteiger partial charge on any atom is -0.390 e. The lowest BCUT2D eigenvalue weighted by atomic mass is 9.99. The van der Waals surface area contributed by atoms with Crippen LogP contribution < -0.4 is 0 Å². The van der Waals surface area contributed by atoms with Crippen LogP contribution in [0.3, 0.4) is 0 Å². The Hall–Kier alpha value is -1.06. The van der Waals surface area contributed by atoms with Crippen molar-refractivity contribution in [3.05, 3.63) is 35.9 Å². The van der Waals surface area contributed by atoms with Gasteiger partial charge in [-0.05, 0) is 52.2 Å². The lowest BCUT2D eigenvalue weighted by molar-refractivity contribution is 0.0657. The van der Waals surface area contributed by atoms with Crippen LogP contribution in [0.1, 0.15) is 50.4 Å². The highest BCUT2D eigenvalue weighted by Crippen LogP contribution is 2.18. The van der Waals surface area contributed by atoms with Crippen LogP contribution in [0.4, 0.5) is 0 Å². The highest BCUT2D eigenvalue weighted by molar-refractivity contribution is 6.24. The Morgan fingerprint density at radius 2 is 1.95 bits per heavy atom. The molecule has 0 aliphatic carbocycles. The first-order chi connectivity index (χ1) is 8.81. The summed E-state index contributed by atoms with van der Waals surface area (Å²) in [5.41, 5.74) is -0.0767. The Balaban J connectivity index is 2.48. The lowest BCUT2D eigenvalue weighted by Gasteiger charge is -2.23. The van der Waals surface area contributed by atoms with Gasteiger partial charge in [0.1, 0.15) is 0 Å². The Morgan fingerprint density at radius 1 is 1.37 bits per heavy atom. The summed E-state index contributed by atoms with van der Waals surface area (Å²) in [7, 11) is 0. The molecule has 1 aromatic carbocycles. The second-order valence-electron chi connectivity index (χ2n) is 5.54. The molecule has 0 aromatic heterocycles. The van der Waals surface area contributed by atoms with E-state index in [9.17, 15) is 9.90 Å². The Bertz CT molecular complexity index is 400. The van der Waals surface area contributed by atoms with E-state index in [1.54, 1.807) is 26.0 Å². The Morgan fingerprint density at radius 3 is 2.47 bits per heavy atom. The van der Waals surface area contributed by atoms with Crippen LogP contribution in [0.5, 0.6) is 0 Å². The minimum absolute atomic E-state index is 0.0586. The number of hydrogen-bond acceptors (Lipinski definition) is 2. The van der Waals surface area contributed by atoms with Crippen LogP contribution in [0, 0.1) is 0 Å². The monoisotopic (exact) mass is 283 g/mol. The van der Waals surface area contributed by atoms with E-state index in [-0.39, 0.29) is 11.9 Å². The normalized spacial score (nSPS) is 13.1. The van der Waals surface area contributed by atoms with Crippen LogP contribution >= 0.6 is 11.8 Å². The summed E-state index contributed by atoms with van der Waals surface area (Å²) in [6.45, 7) is 5.48. The Kier molecular flexibility index (Phi) is 5.83. The zero-order valence-corrected chi connectivity index (χ0v) is 12.5.